The lowest BCUT2D eigenvalue weighted by molar-refractivity contribution is -0.111. The summed E-state index contributed by atoms with van der Waals surface area (Å²) in [5, 5.41) is 0. The van der Waals surface area contributed by atoms with Crippen molar-refractivity contribution in [2.75, 3.05) is 0 Å². The molecule has 0 heterocycles. The van der Waals surface area contributed by atoms with Crippen molar-refractivity contribution in [2.45, 2.75) is 78.5 Å². The smallest absolute Gasteiger partial charge is 0.210 e. The number of benzene rings is 1. The van der Waals surface area contributed by atoms with E-state index >= 15 is 0 Å². The molecule has 0 N–H and O–H groups in total. The van der Waals surface area contributed by atoms with Crippen LogP contribution in [0, 0.1) is 36.0 Å². The molecule has 0 spiro atoms. The Morgan fingerprint density at radius 3 is 2.29 bits per heavy atom. The summed E-state index contributed by atoms with van der Waals surface area (Å²) >= 11 is 0. The third kappa shape index (κ3) is 4.89. The first-order valence-corrected chi connectivity index (χ1v) is 13.2. The molecule has 0 saturated heterocycles. The molecule has 170 valence electrons. The summed E-state index contributed by atoms with van der Waals surface area (Å²) in [7, 11) is -3.86. The zero-order valence-electron chi connectivity index (χ0n) is 19.9. The monoisotopic (exact) mass is 442 g/mol. The van der Waals surface area contributed by atoms with E-state index < -0.39 is 9.84 Å². The lowest BCUT2D eigenvalue weighted by atomic mass is 9.69. The van der Waals surface area contributed by atoms with Gasteiger partial charge in [-0.15, -0.1) is 0 Å². The van der Waals surface area contributed by atoms with Crippen molar-refractivity contribution in [1.29, 1.82) is 0 Å². The van der Waals surface area contributed by atoms with Crippen LogP contribution in [0.3, 0.4) is 0 Å². The molecule has 31 heavy (non-hydrogen) atoms. The summed E-state index contributed by atoms with van der Waals surface area (Å²) in [5.74, 6) is 1.63. The molecule has 0 radical (unpaired) electrons. The Balaban J connectivity index is 2.03. The van der Waals surface area contributed by atoms with Crippen molar-refractivity contribution in [1.82, 2.24) is 0 Å². The molecular formula is C27H38O3S. The predicted octanol–water partition coefficient (Wildman–Crippen LogP) is 6.68. The molecule has 0 bridgehead atoms. The number of hydrogen-bond acceptors (Lipinski definition) is 3. The van der Waals surface area contributed by atoms with Gasteiger partial charge in [0.2, 0.25) is 9.84 Å². The molecular weight excluding hydrogens is 404 g/mol. The van der Waals surface area contributed by atoms with Crippen LogP contribution in [0.1, 0.15) is 72.3 Å². The van der Waals surface area contributed by atoms with E-state index in [-0.39, 0.29) is 26.9 Å². The van der Waals surface area contributed by atoms with Gasteiger partial charge in [-0.3, -0.25) is 4.79 Å². The number of carbonyl (C=O) groups excluding carboxylic acids is 1. The average Bonchev–Trinajstić information content (AvgIpc) is 3.04. The predicted molar refractivity (Wildman–Crippen MR) is 127 cm³/mol. The van der Waals surface area contributed by atoms with Gasteiger partial charge in [-0.2, -0.15) is 0 Å². The summed E-state index contributed by atoms with van der Waals surface area (Å²) in [5.41, 5.74) is 1.71. The maximum atomic E-state index is 13.4. The maximum Gasteiger partial charge on any atom is 0.210 e. The summed E-state index contributed by atoms with van der Waals surface area (Å²) in [6.07, 6.45) is 8.97. The van der Waals surface area contributed by atoms with E-state index in [1.165, 1.54) is 12.8 Å². The van der Waals surface area contributed by atoms with E-state index in [2.05, 4.69) is 20.8 Å². The van der Waals surface area contributed by atoms with E-state index in [4.69, 9.17) is 0 Å². The fraction of sp³-hybridized carbons (Fsp3) is 0.593. The second-order valence-electron chi connectivity index (χ2n) is 10.5. The second-order valence-corrected chi connectivity index (χ2v) is 12.4. The van der Waals surface area contributed by atoms with Crippen LogP contribution in [-0.4, -0.2) is 14.2 Å². The number of aryl methyl sites for hydroxylation is 1. The van der Waals surface area contributed by atoms with Crippen LogP contribution in [0.25, 0.3) is 0 Å². The van der Waals surface area contributed by atoms with Gasteiger partial charge >= 0.3 is 0 Å². The van der Waals surface area contributed by atoms with E-state index in [1.54, 1.807) is 37.3 Å². The number of sulfone groups is 1. The normalized spacial score (nSPS) is 33.8. The largest absolute Gasteiger partial charge is 0.288 e. The van der Waals surface area contributed by atoms with Gasteiger partial charge in [0.15, 0.2) is 5.78 Å². The summed E-state index contributed by atoms with van der Waals surface area (Å²) in [4.78, 5) is 13.5. The van der Waals surface area contributed by atoms with Crippen LogP contribution in [0.2, 0.25) is 0 Å². The van der Waals surface area contributed by atoms with Gasteiger partial charge in [-0.05, 0) is 92.7 Å². The summed E-state index contributed by atoms with van der Waals surface area (Å²) in [6, 6.07) is 6.77. The molecule has 2 aliphatic carbocycles. The first-order valence-electron chi connectivity index (χ1n) is 11.7. The lowest BCUT2D eigenvalue weighted by Crippen LogP contribution is -2.27. The van der Waals surface area contributed by atoms with Gasteiger partial charge in [0, 0.05) is 0 Å². The molecule has 2 aliphatic rings. The number of hydrogen-bond donors (Lipinski definition) is 0. The summed E-state index contributed by atoms with van der Waals surface area (Å²) < 4.78 is 26.9. The first-order chi connectivity index (χ1) is 14.5. The van der Waals surface area contributed by atoms with Crippen molar-refractivity contribution in [3.05, 3.63) is 52.5 Å². The van der Waals surface area contributed by atoms with Gasteiger partial charge < -0.3 is 0 Å². The van der Waals surface area contributed by atoms with Crippen molar-refractivity contribution in [2.24, 2.45) is 29.1 Å². The zero-order chi connectivity index (χ0) is 23.0. The number of rotatable bonds is 3. The molecule has 0 aromatic heterocycles. The topological polar surface area (TPSA) is 51.2 Å². The van der Waals surface area contributed by atoms with Crippen LogP contribution in [0.15, 0.2) is 51.8 Å². The lowest BCUT2D eigenvalue weighted by Gasteiger charge is -2.35. The Bertz CT molecular complexity index is 982. The van der Waals surface area contributed by atoms with Gasteiger partial charge in [0.1, 0.15) is 4.91 Å². The highest BCUT2D eigenvalue weighted by Crippen LogP contribution is 2.54. The van der Waals surface area contributed by atoms with Crippen LogP contribution < -0.4 is 0 Å². The van der Waals surface area contributed by atoms with E-state index in [0.717, 1.165) is 24.8 Å². The first kappa shape index (κ1) is 24.0. The highest BCUT2D eigenvalue weighted by Gasteiger charge is 2.45. The second kappa shape index (κ2) is 9.05. The Hall–Kier alpha value is -1.68. The molecule has 0 aliphatic heterocycles. The molecule has 0 amide bonds. The highest BCUT2D eigenvalue weighted by molar-refractivity contribution is 7.96. The van der Waals surface area contributed by atoms with Crippen molar-refractivity contribution in [3.63, 3.8) is 0 Å². The average molecular weight is 443 g/mol. The van der Waals surface area contributed by atoms with Crippen LogP contribution in [0.4, 0.5) is 0 Å². The zero-order valence-corrected chi connectivity index (χ0v) is 20.8. The Morgan fingerprint density at radius 1 is 1.03 bits per heavy atom. The highest BCUT2D eigenvalue weighted by atomic mass is 32.2. The SMILES string of the molecule is C/C1=C\C[C@@]2(C)CC[C@H](C(C)C)[C@@H]2CC[C@H](C)/C=C(/S(=O)(=O)c2ccc(C)cc2)C1=O. The van der Waals surface area contributed by atoms with Crippen molar-refractivity contribution in [3.8, 4) is 0 Å². The van der Waals surface area contributed by atoms with Gasteiger partial charge in [0.25, 0.3) is 0 Å². The summed E-state index contributed by atoms with van der Waals surface area (Å²) in [6.45, 7) is 12.8. The minimum atomic E-state index is -3.86. The fourth-order valence-electron chi connectivity index (χ4n) is 5.60. The van der Waals surface area contributed by atoms with Gasteiger partial charge in [-0.25, -0.2) is 8.42 Å². The minimum absolute atomic E-state index is 0.0303. The van der Waals surface area contributed by atoms with Crippen LogP contribution in [0.5, 0.6) is 0 Å². The Kier molecular flexibility index (Phi) is 7.00. The molecule has 4 heteroatoms. The number of ketones is 1. The molecule has 1 aromatic carbocycles. The minimum Gasteiger partial charge on any atom is -0.288 e. The molecule has 4 atom stereocenters. The molecule has 3 rings (SSSR count). The van der Waals surface area contributed by atoms with Gasteiger partial charge in [0.05, 0.1) is 4.90 Å². The maximum absolute atomic E-state index is 13.4. The Labute approximate surface area is 188 Å². The van der Waals surface area contributed by atoms with Gasteiger partial charge in [-0.1, -0.05) is 57.5 Å². The number of fused-ring (bicyclic) bond motifs is 1. The van der Waals surface area contributed by atoms with Crippen molar-refractivity contribution < 1.29 is 13.2 Å². The van der Waals surface area contributed by atoms with Crippen LogP contribution in [-0.2, 0) is 14.6 Å². The fourth-order valence-corrected chi connectivity index (χ4v) is 7.17. The number of carbonyl (C=O) groups is 1. The molecule has 0 unspecified atom stereocenters. The van der Waals surface area contributed by atoms with Crippen molar-refractivity contribution >= 4 is 15.6 Å². The number of allylic oxidation sites excluding steroid dienone is 4. The third-order valence-electron chi connectivity index (χ3n) is 7.76. The molecule has 1 saturated carbocycles. The van der Waals surface area contributed by atoms with E-state index in [1.807, 2.05) is 19.9 Å². The third-order valence-corrected chi connectivity index (χ3v) is 9.56. The van der Waals surface area contributed by atoms with E-state index in [9.17, 15) is 13.2 Å². The van der Waals surface area contributed by atoms with E-state index in [0.29, 0.717) is 23.3 Å². The standard InChI is InChI=1S/C27H38O3S/c1-18(2)23-14-16-27(6)15-13-21(5)26(28)25(17-20(4)9-12-24(23)27)31(29,30)22-10-7-19(3)8-11-22/h7-8,10-11,13,17-18,20,23-24H,9,12,14-16H2,1-6H3/b21-13+,25-17+/t20-,23+,24-,27-/m0/s1. The quantitative estimate of drug-likeness (QED) is 0.525. The molecule has 1 aromatic rings. The number of Topliss-reactive ketones (excluding diaryl/α,β-unsaturated/α-hetero) is 1. The van der Waals surface area contributed by atoms with Crippen LogP contribution >= 0.6 is 0 Å². The molecule has 1 fully saturated rings. The molecule has 3 nitrogen and oxygen atoms in total. The Morgan fingerprint density at radius 2 is 1.68 bits per heavy atom.